The molecular formula is C31H38Cl2N6O3. The van der Waals surface area contributed by atoms with E-state index >= 15 is 0 Å². The number of hydrogen-bond donors (Lipinski definition) is 3. The Kier molecular flexibility index (Phi) is 15.4. The van der Waals surface area contributed by atoms with E-state index in [2.05, 4.69) is 47.4 Å². The normalized spacial score (nSPS) is 10.1. The summed E-state index contributed by atoms with van der Waals surface area (Å²) in [6.45, 7) is 17.5. The highest BCUT2D eigenvalue weighted by atomic mass is 35.5. The quantitative estimate of drug-likeness (QED) is 0.156. The number of anilines is 1. The molecule has 9 nitrogen and oxygen atoms in total. The Morgan fingerprint density at radius 3 is 2.19 bits per heavy atom. The van der Waals surface area contributed by atoms with Gasteiger partial charge in [-0.05, 0) is 36.7 Å². The molecule has 0 atom stereocenters. The third-order valence-electron chi connectivity index (χ3n) is 5.01. The van der Waals surface area contributed by atoms with Crippen LogP contribution in [-0.4, -0.2) is 26.8 Å². The maximum absolute atomic E-state index is 12.1. The maximum atomic E-state index is 12.1. The highest BCUT2D eigenvalue weighted by Crippen LogP contribution is 2.38. The zero-order chi connectivity index (χ0) is 31.8. The number of aromatic amines is 1. The zero-order valence-electron chi connectivity index (χ0n) is 24.8. The number of nitrogen functional groups attached to an aromatic ring is 1. The molecule has 4 N–H and O–H groups in total. The van der Waals surface area contributed by atoms with E-state index in [0.717, 1.165) is 15.5 Å². The second kappa shape index (κ2) is 18.2. The number of nitrogens with zero attached hydrogens (tertiary/aromatic N) is 3. The second-order valence-electron chi connectivity index (χ2n) is 8.14. The topological polar surface area (TPSA) is 128 Å². The molecule has 0 unspecified atom stereocenters. The summed E-state index contributed by atoms with van der Waals surface area (Å²) in [5.41, 5.74) is 5.45. The van der Waals surface area contributed by atoms with Gasteiger partial charge in [0.25, 0.3) is 5.56 Å². The van der Waals surface area contributed by atoms with Crippen LogP contribution < -0.4 is 27.0 Å². The molecule has 42 heavy (non-hydrogen) atoms. The monoisotopic (exact) mass is 612 g/mol. The Hall–Kier alpha value is -4.34. The number of H-pyrrole nitrogens is 1. The van der Waals surface area contributed by atoms with Gasteiger partial charge in [-0.2, -0.15) is 4.68 Å². The van der Waals surface area contributed by atoms with Crippen LogP contribution in [0.1, 0.15) is 46.7 Å². The van der Waals surface area contributed by atoms with Crippen molar-refractivity contribution in [2.45, 2.75) is 41.0 Å². The van der Waals surface area contributed by atoms with E-state index in [9.17, 15) is 9.59 Å². The fourth-order valence-corrected chi connectivity index (χ4v) is 3.77. The van der Waals surface area contributed by atoms with Crippen LogP contribution in [-0.2, 0) is 0 Å². The van der Waals surface area contributed by atoms with E-state index in [1.165, 1.54) is 18.6 Å². The van der Waals surface area contributed by atoms with Crippen molar-refractivity contribution < 1.29 is 4.74 Å². The van der Waals surface area contributed by atoms with E-state index in [-0.39, 0.29) is 33.1 Å². The van der Waals surface area contributed by atoms with Gasteiger partial charge in [-0.15, -0.1) is 5.10 Å². The first-order chi connectivity index (χ1) is 20.1. The van der Waals surface area contributed by atoms with Gasteiger partial charge in [-0.3, -0.25) is 14.8 Å². The van der Waals surface area contributed by atoms with Gasteiger partial charge in [-0.25, -0.2) is 4.79 Å². The highest BCUT2D eigenvalue weighted by Gasteiger charge is 2.17. The number of hydrogen-bond acceptors (Lipinski definition) is 7. The number of nitrogens with two attached hydrogens (primary N) is 1. The average Bonchev–Trinajstić information content (AvgIpc) is 2.98. The van der Waals surface area contributed by atoms with Crippen LogP contribution in [0.15, 0.2) is 89.4 Å². The molecule has 2 aromatic heterocycles. The number of allylic oxidation sites excluding steroid dienone is 2. The minimum absolute atomic E-state index is 0.0963. The molecule has 4 aromatic rings. The SMILES string of the molecule is C=C(Oc1c(Cl)cc(-n2nc(N)c(=O)[nH]c2=O)cc1Cl)/C(=C\C)c1cc2ccccc2cn1.C=CNC.CC.CCC. The molecule has 0 aliphatic carbocycles. The number of fused-ring (bicyclic) bond motifs is 1. The number of pyridine rings is 1. The first-order valence-electron chi connectivity index (χ1n) is 13.3. The van der Waals surface area contributed by atoms with Crippen molar-refractivity contribution in [3.8, 4) is 11.4 Å². The van der Waals surface area contributed by atoms with Crippen molar-refractivity contribution in [3.63, 3.8) is 0 Å². The van der Waals surface area contributed by atoms with Crippen LogP contribution in [0.4, 0.5) is 5.82 Å². The third-order valence-corrected chi connectivity index (χ3v) is 5.57. The molecule has 0 amide bonds. The number of rotatable bonds is 6. The smallest absolute Gasteiger partial charge is 0.349 e. The number of aromatic nitrogens is 4. The van der Waals surface area contributed by atoms with Gasteiger partial charge in [-0.1, -0.05) is 101 Å². The van der Waals surface area contributed by atoms with E-state index < -0.39 is 11.2 Å². The Labute approximate surface area is 256 Å². The summed E-state index contributed by atoms with van der Waals surface area (Å²) in [7, 11) is 1.81. The van der Waals surface area contributed by atoms with Crippen molar-refractivity contribution in [1.82, 2.24) is 25.1 Å². The molecule has 224 valence electrons. The minimum atomic E-state index is -0.794. The van der Waals surface area contributed by atoms with Crippen molar-refractivity contribution >= 4 is 45.4 Å². The van der Waals surface area contributed by atoms with Crippen molar-refractivity contribution in [2.24, 2.45) is 0 Å². The maximum Gasteiger partial charge on any atom is 0.349 e. The van der Waals surface area contributed by atoms with Gasteiger partial charge in [0.1, 0.15) is 5.76 Å². The Morgan fingerprint density at radius 1 is 1.12 bits per heavy atom. The van der Waals surface area contributed by atoms with Crippen LogP contribution >= 0.6 is 23.2 Å². The van der Waals surface area contributed by atoms with Crippen molar-refractivity contribution in [2.75, 3.05) is 12.8 Å². The summed E-state index contributed by atoms with van der Waals surface area (Å²) in [6, 6.07) is 12.6. The fourth-order valence-electron chi connectivity index (χ4n) is 3.21. The van der Waals surface area contributed by atoms with E-state index in [1.54, 1.807) is 12.4 Å². The van der Waals surface area contributed by atoms with Crippen LogP contribution in [0, 0.1) is 0 Å². The van der Waals surface area contributed by atoms with Gasteiger partial charge in [0.2, 0.25) is 5.82 Å². The van der Waals surface area contributed by atoms with Crippen molar-refractivity contribution in [3.05, 3.63) is 116 Å². The molecule has 4 rings (SSSR count). The van der Waals surface area contributed by atoms with Crippen LogP contribution in [0.2, 0.25) is 10.0 Å². The Bertz CT molecular complexity index is 1620. The number of benzene rings is 2. The molecule has 11 heteroatoms. The molecular weight excluding hydrogens is 575 g/mol. The molecule has 0 saturated carbocycles. The van der Waals surface area contributed by atoms with Gasteiger partial charge < -0.3 is 15.8 Å². The van der Waals surface area contributed by atoms with Gasteiger partial charge >= 0.3 is 5.69 Å². The van der Waals surface area contributed by atoms with Gasteiger partial charge in [0.15, 0.2) is 5.75 Å². The molecule has 0 aliphatic heterocycles. The third kappa shape index (κ3) is 9.64. The molecule has 0 fully saturated rings. The lowest BCUT2D eigenvalue weighted by Gasteiger charge is -2.16. The molecule has 2 aromatic carbocycles. The predicted octanol–water partition coefficient (Wildman–Crippen LogP) is 7.15. The Morgan fingerprint density at radius 2 is 1.67 bits per heavy atom. The first kappa shape index (κ1) is 35.7. The largest absolute Gasteiger partial charge is 0.454 e. The highest BCUT2D eigenvalue weighted by molar-refractivity contribution is 6.37. The van der Waals surface area contributed by atoms with Crippen LogP contribution in [0.3, 0.4) is 0 Å². The lowest BCUT2D eigenvalue weighted by molar-refractivity contribution is 0.451. The van der Waals surface area contributed by atoms with E-state index in [4.69, 9.17) is 33.7 Å². The standard InChI is InChI=1S/C23H17Cl2N5O3.C3H7N.C3H8.C2H6/c1-3-16(19-8-13-6-4-5-7-14(13)11-27-19)12(2)33-20-17(24)9-15(10-18(20)25)30-23(32)28-22(31)21(26)29-30;1-3-4-2;1-3-2;1-2/h3-11H,2H2,1H3,(H2,26,29)(H,28,31,32);3-4H,1H2,2H3;3H2,1-2H3;1-2H3/b16-3+;;;. The summed E-state index contributed by atoms with van der Waals surface area (Å²) >= 11 is 12.8. The molecule has 0 bridgehead atoms. The van der Waals surface area contributed by atoms with Gasteiger partial charge in [0.05, 0.1) is 21.4 Å². The van der Waals surface area contributed by atoms with Crippen molar-refractivity contribution in [1.29, 1.82) is 0 Å². The first-order valence-corrected chi connectivity index (χ1v) is 14.0. The summed E-state index contributed by atoms with van der Waals surface area (Å²) in [4.78, 5) is 30.1. The fraction of sp³-hybridized carbons (Fsp3) is 0.226. The van der Waals surface area contributed by atoms with Crippen LogP contribution in [0.5, 0.6) is 5.75 Å². The van der Waals surface area contributed by atoms with Crippen LogP contribution in [0.25, 0.3) is 22.0 Å². The average molecular weight is 614 g/mol. The Balaban J connectivity index is 0.000000873. The molecule has 0 spiro atoms. The zero-order valence-corrected chi connectivity index (χ0v) is 26.3. The van der Waals surface area contributed by atoms with Gasteiger partial charge in [0, 0.05) is 24.2 Å². The summed E-state index contributed by atoms with van der Waals surface area (Å²) in [5.74, 6) is 0.0363. The number of ether oxygens (including phenoxy) is 1. The molecule has 0 radical (unpaired) electrons. The summed E-state index contributed by atoms with van der Waals surface area (Å²) < 4.78 is 6.78. The predicted molar refractivity (Wildman–Crippen MR) is 177 cm³/mol. The summed E-state index contributed by atoms with van der Waals surface area (Å²) in [5, 5.41) is 8.69. The minimum Gasteiger partial charge on any atom is -0.454 e. The second-order valence-corrected chi connectivity index (χ2v) is 8.95. The summed E-state index contributed by atoms with van der Waals surface area (Å²) in [6.07, 6.45) is 6.47. The molecule has 0 saturated heterocycles. The molecule has 0 aliphatic rings. The van der Waals surface area contributed by atoms with E-state index in [0.29, 0.717) is 11.3 Å². The number of nitrogens with one attached hydrogen (secondary N) is 2. The number of halogens is 2. The van der Waals surface area contributed by atoms with E-state index in [1.807, 2.05) is 64.2 Å². The molecule has 2 heterocycles. The lowest BCUT2D eigenvalue weighted by Crippen LogP contribution is -2.33. The lowest BCUT2D eigenvalue weighted by atomic mass is 10.1.